The molecule has 0 saturated carbocycles. The Balaban J connectivity index is 1.73. The highest BCUT2D eigenvalue weighted by molar-refractivity contribution is 5.98. The summed E-state index contributed by atoms with van der Waals surface area (Å²) >= 11 is 0. The lowest BCUT2D eigenvalue weighted by Gasteiger charge is -2.18. The smallest absolute Gasteiger partial charge is 0.259 e. The second-order valence-corrected chi connectivity index (χ2v) is 8.64. The van der Waals surface area contributed by atoms with Gasteiger partial charge in [-0.3, -0.25) is 14.4 Å². The highest BCUT2D eigenvalue weighted by Crippen LogP contribution is 2.22. The molecular weight excluding hydrogens is 404 g/mol. The molecule has 4 rings (SSSR count). The van der Waals surface area contributed by atoms with Crippen LogP contribution in [0.5, 0.6) is 0 Å². The third-order valence-corrected chi connectivity index (χ3v) is 5.94. The molecule has 1 aliphatic rings. The Hall–Kier alpha value is -3.48. The van der Waals surface area contributed by atoms with Crippen molar-refractivity contribution in [3.8, 4) is 0 Å². The topological polar surface area (TPSA) is 84.3 Å². The summed E-state index contributed by atoms with van der Waals surface area (Å²) in [4.78, 5) is 45.3. The zero-order valence-electron chi connectivity index (χ0n) is 19.0. The molecule has 7 heteroatoms. The van der Waals surface area contributed by atoms with E-state index in [0.717, 1.165) is 40.9 Å². The van der Waals surface area contributed by atoms with Gasteiger partial charge in [0, 0.05) is 30.7 Å². The zero-order chi connectivity index (χ0) is 23.0. The second kappa shape index (κ2) is 8.57. The molecule has 3 heterocycles. The Morgan fingerprint density at radius 1 is 1.03 bits per heavy atom. The first-order valence-corrected chi connectivity index (χ1v) is 10.9. The van der Waals surface area contributed by atoms with Gasteiger partial charge in [-0.25, -0.2) is 4.98 Å². The van der Waals surface area contributed by atoms with Crippen molar-refractivity contribution in [1.29, 1.82) is 0 Å². The Morgan fingerprint density at radius 3 is 2.34 bits per heavy atom. The van der Waals surface area contributed by atoms with Crippen LogP contribution in [-0.4, -0.2) is 39.4 Å². The van der Waals surface area contributed by atoms with Gasteiger partial charge >= 0.3 is 0 Å². The molecule has 1 fully saturated rings. The number of hydrogen-bond donors (Lipinski definition) is 1. The van der Waals surface area contributed by atoms with Crippen molar-refractivity contribution >= 4 is 28.5 Å². The first-order valence-electron chi connectivity index (χ1n) is 10.9. The predicted octanol–water partition coefficient (Wildman–Crippen LogP) is 3.50. The van der Waals surface area contributed by atoms with E-state index in [1.54, 1.807) is 21.6 Å². The number of carbonyl (C=O) groups is 2. The number of fused-ring (bicyclic) bond motifs is 1. The highest BCUT2D eigenvalue weighted by Gasteiger charge is 2.24. The highest BCUT2D eigenvalue weighted by atomic mass is 16.2. The Morgan fingerprint density at radius 2 is 1.69 bits per heavy atom. The summed E-state index contributed by atoms with van der Waals surface area (Å²) < 4.78 is 1.61. The van der Waals surface area contributed by atoms with Crippen molar-refractivity contribution < 1.29 is 9.59 Å². The molecule has 32 heavy (non-hydrogen) atoms. The first-order chi connectivity index (χ1) is 15.2. The van der Waals surface area contributed by atoms with Crippen LogP contribution in [0.4, 0.5) is 5.69 Å². The van der Waals surface area contributed by atoms with Crippen LogP contribution in [0.25, 0.3) is 11.0 Å². The summed E-state index contributed by atoms with van der Waals surface area (Å²) in [5, 5.41) is 3.33. The molecule has 0 spiro atoms. The van der Waals surface area contributed by atoms with Gasteiger partial charge in [0.05, 0.1) is 5.39 Å². The molecule has 2 amide bonds. The van der Waals surface area contributed by atoms with Crippen molar-refractivity contribution in [3.63, 3.8) is 0 Å². The van der Waals surface area contributed by atoms with Crippen molar-refractivity contribution in [2.75, 3.05) is 18.4 Å². The van der Waals surface area contributed by atoms with Gasteiger partial charge in [0.2, 0.25) is 11.3 Å². The summed E-state index contributed by atoms with van der Waals surface area (Å²) in [6.45, 7) is 9.01. The number of aryl methyl sites for hydroxylation is 4. The fourth-order valence-electron chi connectivity index (χ4n) is 4.43. The second-order valence-electron chi connectivity index (χ2n) is 8.64. The van der Waals surface area contributed by atoms with Gasteiger partial charge in [-0.05, 0) is 63.8 Å². The van der Waals surface area contributed by atoms with E-state index < -0.39 is 0 Å². The van der Waals surface area contributed by atoms with Gasteiger partial charge in [-0.2, -0.15) is 0 Å². The zero-order valence-corrected chi connectivity index (χ0v) is 19.0. The Kier molecular flexibility index (Phi) is 5.82. The maximum Gasteiger partial charge on any atom is 0.259 e. The molecule has 1 aliphatic heterocycles. The number of aromatic nitrogens is 2. The summed E-state index contributed by atoms with van der Waals surface area (Å²) in [6.07, 6.45) is 3.37. The number of benzene rings is 1. The van der Waals surface area contributed by atoms with Crippen molar-refractivity contribution in [3.05, 3.63) is 68.6 Å². The third kappa shape index (κ3) is 4.15. The molecule has 0 atom stereocenters. The largest absolute Gasteiger partial charge is 0.338 e. The number of nitrogens with zero attached hydrogens (tertiary/aromatic N) is 3. The summed E-state index contributed by atoms with van der Waals surface area (Å²) in [5.41, 5.74) is 4.76. The molecule has 1 saturated heterocycles. The van der Waals surface area contributed by atoms with Crippen LogP contribution in [0.3, 0.4) is 0 Å². The number of nitrogens with one attached hydrogen (secondary N) is 1. The molecule has 1 aromatic carbocycles. The summed E-state index contributed by atoms with van der Waals surface area (Å²) in [5.74, 6) is -0.526. The van der Waals surface area contributed by atoms with Crippen molar-refractivity contribution in [1.82, 2.24) is 14.5 Å². The molecule has 3 aromatic rings. The van der Waals surface area contributed by atoms with Crippen molar-refractivity contribution in [2.45, 2.75) is 47.1 Å². The number of likely N-dealkylation sites (tertiary alicyclic amines) is 1. The normalized spacial score (nSPS) is 13.6. The first kappa shape index (κ1) is 21.7. The van der Waals surface area contributed by atoms with Crippen molar-refractivity contribution in [2.24, 2.45) is 0 Å². The standard InChI is InChI=1S/C25H28N4O3/c1-15-11-16(2)22(17(3)12-15)27-21(30)14-29-13-20(25(32)28-9-5-6-10-28)23(31)19-8-7-18(4)26-24(19)29/h7-8,11-13H,5-6,9-10,14H2,1-4H3,(H,27,30). The summed E-state index contributed by atoms with van der Waals surface area (Å²) in [7, 11) is 0. The van der Waals surface area contributed by atoms with Crippen LogP contribution in [-0.2, 0) is 11.3 Å². The van der Waals surface area contributed by atoms with E-state index in [-0.39, 0.29) is 29.4 Å². The maximum atomic E-state index is 13.1. The van der Waals surface area contributed by atoms with E-state index in [4.69, 9.17) is 0 Å². The Bertz CT molecular complexity index is 1260. The molecule has 7 nitrogen and oxygen atoms in total. The number of hydrogen-bond acceptors (Lipinski definition) is 4. The van der Waals surface area contributed by atoms with Gasteiger partial charge in [-0.1, -0.05) is 17.7 Å². The number of pyridine rings is 2. The van der Waals surface area contributed by atoms with Gasteiger partial charge < -0.3 is 14.8 Å². The molecule has 2 aromatic heterocycles. The number of carbonyl (C=O) groups excluding carboxylic acids is 2. The van der Waals surface area contributed by atoms with Crippen LogP contribution in [0.2, 0.25) is 0 Å². The van der Waals surface area contributed by atoms with Crippen LogP contribution in [0.15, 0.2) is 35.3 Å². The maximum absolute atomic E-state index is 13.1. The minimum Gasteiger partial charge on any atom is -0.338 e. The van der Waals surface area contributed by atoms with Crippen LogP contribution in [0.1, 0.15) is 45.6 Å². The van der Waals surface area contributed by atoms with E-state index in [9.17, 15) is 14.4 Å². The molecule has 0 unspecified atom stereocenters. The monoisotopic (exact) mass is 432 g/mol. The molecule has 0 aliphatic carbocycles. The lowest BCUT2D eigenvalue weighted by atomic mass is 10.1. The average Bonchev–Trinajstić information content (AvgIpc) is 3.27. The third-order valence-electron chi connectivity index (χ3n) is 5.94. The minimum atomic E-state index is -0.341. The number of amides is 2. The number of rotatable bonds is 4. The molecule has 166 valence electrons. The molecule has 1 N–H and O–H groups in total. The van der Waals surface area contributed by atoms with E-state index in [0.29, 0.717) is 24.1 Å². The van der Waals surface area contributed by atoms with Gasteiger partial charge in [0.15, 0.2) is 0 Å². The molecule has 0 radical (unpaired) electrons. The SMILES string of the molecule is Cc1cc(C)c(NC(=O)Cn2cc(C(=O)N3CCCC3)c(=O)c3ccc(C)nc32)c(C)c1. The van der Waals surface area contributed by atoms with E-state index in [2.05, 4.69) is 10.3 Å². The molecular formula is C25H28N4O3. The van der Waals surface area contributed by atoms with Gasteiger partial charge in [-0.15, -0.1) is 0 Å². The fraction of sp³-hybridized carbons (Fsp3) is 0.360. The number of anilines is 1. The fourth-order valence-corrected chi connectivity index (χ4v) is 4.43. The average molecular weight is 433 g/mol. The lowest BCUT2D eigenvalue weighted by Crippen LogP contribution is -2.33. The lowest BCUT2D eigenvalue weighted by molar-refractivity contribution is -0.116. The molecule has 0 bridgehead atoms. The van der Waals surface area contributed by atoms with Gasteiger partial charge in [0.1, 0.15) is 17.8 Å². The summed E-state index contributed by atoms with van der Waals surface area (Å²) in [6, 6.07) is 7.48. The Labute approximate surface area is 187 Å². The van der Waals surface area contributed by atoms with E-state index in [1.807, 2.05) is 39.8 Å². The van der Waals surface area contributed by atoms with Gasteiger partial charge in [0.25, 0.3) is 5.91 Å². The van der Waals surface area contributed by atoms with Crippen LogP contribution < -0.4 is 10.7 Å². The van der Waals surface area contributed by atoms with Crippen LogP contribution in [0, 0.1) is 27.7 Å². The predicted molar refractivity (Wildman–Crippen MR) is 125 cm³/mol. The van der Waals surface area contributed by atoms with E-state index >= 15 is 0 Å². The van der Waals surface area contributed by atoms with E-state index in [1.165, 1.54) is 6.20 Å². The quantitative estimate of drug-likeness (QED) is 0.684. The minimum absolute atomic E-state index is 0.0553. The van der Waals surface area contributed by atoms with Crippen LogP contribution >= 0.6 is 0 Å².